The van der Waals surface area contributed by atoms with Gasteiger partial charge in [-0.15, -0.1) is 0 Å². The van der Waals surface area contributed by atoms with Crippen LogP contribution in [0.15, 0.2) is 24.3 Å². The van der Waals surface area contributed by atoms with E-state index in [4.69, 9.17) is 10.0 Å². The molecule has 4 nitrogen and oxygen atoms in total. The van der Waals surface area contributed by atoms with Crippen molar-refractivity contribution < 1.29 is 19.6 Å². The molecule has 1 aromatic carbocycles. The zero-order valence-corrected chi connectivity index (χ0v) is 6.80. The van der Waals surface area contributed by atoms with Gasteiger partial charge < -0.3 is 14.8 Å². The summed E-state index contributed by atoms with van der Waals surface area (Å²) in [6.45, 7) is 1.27. The molecule has 5 heteroatoms. The SMILES string of the molecule is O=[C]OCc1ccccc1B(O)O. The lowest BCUT2D eigenvalue weighted by molar-refractivity contribution is 0.267. The predicted molar refractivity (Wildman–Crippen MR) is 46.8 cm³/mol. The normalized spacial score (nSPS) is 9.38. The highest BCUT2D eigenvalue weighted by Gasteiger charge is 2.14. The second-order valence-electron chi connectivity index (χ2n) is 2.44. The average Bonchev–Trinajstić information content (AvgIpc) is 2.15. The lowest BCUT2D eigenvalue weighted by Crippen LogP contribution is -2.33. The Morgan fingerprint density at radius 1 is 1.38 bits per heavy atom. The zero-order chi connectivity index (χ0) is 9.68. The molecule has 0 heterocycles. The second kappa shape index (κ2) is 4.64. The van der Waals surface area contributed by atoms with E-state index in [0.29, 0.717) is 11.0 Å². The van der Waals surface area contributed by atoms with Crippen LogP contribution in [-0.4, -0.2) is 23.6 Å². The van der Waals surface area contributed by atoms with Gasteiger partial charge in [-0.2, -0.15) is 0 Å². The van der Waals surface area contributed by atoms with Gasteiger partial charge >= 0.3 is 13.6 Å². The molecular formula is C8H8BO4. The third kappa shape index (κ3) is 2.57. The van der Waals surface area contributed by atoms with Crippen molar-refractivity contribution in [1.29, 1.82) is 0 Å². The van der Waals surface area contributed by atoms with Crippen molar-refractivity contribution in [3.8, 4) is 0 Å². The molecule has 0 aliphatic rings. The average molecular weight is 179 g/mol. The molecule has 0 saturated carbocycles. The van der Waals surface area contributed by atoms with Crippen molar-refractivity contribution in [2.24, 2.45) is 0 Å². The number of ether oxygens (including phenoxy) is 1. The smallest absolute Gasteiger partial charge is 0.452 e. The van der Waals surface area contributed by atoms with Crippen LogP contribution in [0, 0.1) is 0 Å². The number of carbonyl (C=O) groups excluding carboxylic acids is 1. The standard InChI is InChI=1S/C8H8BO4/c10-6-13-5-7-3-1-2-4-8(7)9(11)12/h1-4,11-12H,5H2. The maximum absolute atomic E-state index is 9.79. The summed E-state index contributed by atoms with van der Waals surface area (Å²) in [6.07, 6.45) is 0. The van der Waals surface area contributed by atoms with Crippen LogP contribution in [0.5, 0.6) is 0 Å². The molecule has 0 amide bonds. The molecular weight excluding hydrogens is 171 g/mol. The van der Waals surface area contributed by atoms with Gasteiger partial charge in [0.2, 0.25) is 0 Å². The van der Waals surface area contributed by atoms with Crippen LogP contribution in [0.3, 0.4) is 0 Å². The number of hydrogen-bond acceptors (Lipinski definition) is 4. The number of hydrogen-bond donors (Lipinski definition) is 2. The molecule has 1 radical (unpaired) electrons. The molecule has 0 bridgehead atoms. The highest BCUT2D eigenvalue weighted by Crippen LogP contribution is 1.98. The maximum atomic E-state index is 9.79. The molecule has 0 aromatic heterocycles. The van der Waals surface area contributed by atoms with Crippen LogP contribution >= 0.6 is 0 Å². The summed E-state index contributed by atoms with van der Waals surface area (Å²) in [4.78, 5) is 9.79. The Morgan fingerprint density at radius 2 is 2.08 bits per heavy atom. The van der Waals surface area contributed by atoms with Crippen LogP contribution in [0.4, 0.5) is 0 Å². The largest absolute Gasteiger partial charge is 0.488 e. The van der Waals surface area contributed by atoms with Gasteiger partial charge in [0, 0.05) is 0 Å². The first kappa shape index (κ1) is 9.76. The van der Waals surface area contributed by atoms with Gasteiger partial charge in [-0.1, -0.05) is 24.3 Å². The Bertz CT molecular complexity index is 287. The van der Waals surface area contributed by atoms with Crippen LogP contribution in [0.25, 0.3) is 0 Å². The molecule has 2 N–H and O–H groups in total. The summed E-state index contributed by atoms with van der Waals surface area (Å²) in [5.41, 5.74) is 0.888. The fourth-order valence-corrected chi connectivity index (χ4v) is 1.02. The minimum absolute atomic E-state index is 0.00269. The Labute approximate surface area is 75.9 Å². The summed E-state index contributed by atoms with van der Waals surface area (Å²) in [7, 11) is -1.55. The molecule has 67 valence electrons. The van der Waals surface area contributed by atoms with E-state index >= 15 is 0 Å². The Kier molecular flexibility index (Phi) is 3.48. The van der Waals surface area contributed by atoms with E-state index in [1.165, 1.54) is 6.47 Å². The van der Waals surface area contributed by atoms with Crippen LogP contribution in [0.1, 0.15) is 5.56 Å². The van der Waals surface area contributed by atoms with E-state index in [1.807, 2.05) is 0 Å². The first-order chi connectivity index (χ1) is 6.25. The van der Waals surface area contributed by atoms with Crippen LogP contribution < -0.4 is 5.46 Å². The van der Waals surface area contributed by atoms with Gasteiger partial charge in [0.15, 0.2) is 0 Å². The van der Waals surface area contributed by atoms with Gasteiger partial charge in [-0.25, -0.2) is 4.79 Å². The van der Waals surface area contributed by atoms with Crippen molar-refractivity contribution in [2.75, 3.05) is 0 Å². The van der Waals surface area contributed by atoms with E-state index < -0.39 is 7.12 Å². The molecule has 0 unspecified atom stereocenters. The highest BCUT2D eigenvalue weighted by molar-refractivity contribution is 6.59. The molecule has 0 atom stereocenters. The van der Waals surface area contributed by atoms with Gasteiger partial charge in [0.05, 0.1) is 0 Å². The topological polar surface area (TPSA) is 66.8 Å². The summed E-state index contributed by atoms with van der Waals surface area (Å²) < 4.78 is 4.38. The quantitative estimate of drug-likeness (QED) is 0.578. The summed E-state index contributed by atoms with van der Waals surface area (Å²) >= 11 is 0. The monoisotopic (exact) mass is 179 g/mol. The van der Waals surface area contributed by atoms with Crippen molar-refractivity contribution >= 4 is 19.1 Å². The molecule has 1 rings (SSSR count). The van der Waals surface area contributed by atoms with E-state index in [2.05, 4.69) is 4.74 Å². The summed E-state index contributed by atoms with van der Waals surface area (Å²) in [6, 6.07) is 6.58. The highest BCUT2D eigenvalue weighted by atomic mass is 16.5. The van der Waals surface area contributed by atoms with Gasteiger partial charge in [0.1, 0.15) is 6.61 Å². The van der Waals surface area contributed by atoms with Crippen molar-refractivity contribution in [3.63, 3.8) is 0 Å². The van der Waals surface area contributed by atoms with E-state index in [-0.39, 0.29) is 6.61 Å². The van der Waals surface area contributed by atoms with Crippen LogP contribution in [-0.2, 0) is 16.1 Å². The van der Waals surface area contributed by atoms with Gasteiger partial charge in [-0.05, 0) is 11.0 Å². The fraction of sp³-hybridized carbons (Fsp3) is 0.125. The zero-order valence-electron chi connectivity index (χ0n) is 6.80. The van der Waals surface area contributed by atoms with Crippen molar-refractivity contribution in [1.82, 2.24) is 0 Å². The Morgan fingerprint density at radius 3 is 2.69 bits per heavy atom. The van der Waals surface area contributed by atoms with Gasteiger partial charge in [-0.3, -0.25) is 0 Å². The van der Waals surface area contributed by atoms with Crippen molar-refractivity contribution in [2.45, 2.75) is 6.61 Å². The van der Waals surface area contributed by atoms with E-state index in [0.717, 1.165) is 0 Å². The summed E-state index contributed by atoms with van der Waals surface area (Å²) in [5.74, 6) is 0. The molecule has 0 aliphatic heterocycles. The Hall–Kier alpha value is -1.33. The third-order valence-corrected chi connectivity index (χ3v) is 1.62. The summed E-state index contributed by atoms with van der Waals surface area (Å²) in [5, 5.41) is 17.8. The first-order valence-corrected chi connectivity index (χ1v) is 3.68. The number of rotatable bonds is 4. The fourth-order valence-electron chi connectivity index (χ4n) is 1.02. The molecule has 0 fully saturated rings. The molecule has 0 saturated heterocycles. The lowest BCUT2D eigenvalue weighted by atomic mass is 9.77. The Balaban J connectivity index is 2.84. The molecule has 13 heavy (non-hydrogen) atoms. The number of benzene rings is 1. The molecule has 1 aromatic rings. The van der Waals surface area contributed by atoms with Crippen molar-refractivity contribution in [3.05, 3.63) is 29.8 Å². The predicted octanol–water partition coefficient (Wildman–Crippen LogP) is -1.05. The lowest BCUT2D eigenvalue weighted by Gasteiger charge is -2.05. The first-order valence-electron chi connectivity index (χ1n) is 3.68. The minimum atomic E-state index is -1.55. The molecule has 0 aliphatic carbocycles. The van der Waals surface area contributed by atoms with Crippen LogP contribution in [0.2, 0.25) is 0 Å². The maximum Gasteiger partial charge on any atom is 0.488 e. The van der Waals surface area contributed by atoms with E-state index in [9.17, 15) is 4.79 Å². The minimum Gasteiger partial charge on any atom is -0.452 e. The van der Waals surface area contributed by atoms with E-state index in [1.54, 1.807) is 24.3 Å². The van der Waals surface area contributed by atoms with Gasteiger partial charge in [0.25, 0.3) is 0 Å². The molecule has 0 spiro atoms. The second-order valence-corrected chi connectivity index (χ2v) is 2.44. The third-order valence-electron chi connectivity index (χ3n) is 1.62.